The first-order valence-electron chi connectivity index (χ1n) is 27.4. The van der Waals surface area contributed by atoms with E-state index in [1.165, 1.54) is 116 Å². The standard InChI is InChI=1S/C70H64BN3Si/c1-67(2,3)41-27-29-47-48-30-28-42(68(4,5)6)39-59(48)75(58(47)38-41)57-34-33-56-62-66(57)74-63-50(51-36-44(70(10,11)12)40-60(75)64(51)74)35-43(69(7,8)9)37-53(63)71(62)52-31-32-55(61-49-25-19-20-26-54(49)73(56)65(52)61)72(45-21-15-13-16-22-45)46-23-17-14-18-24-46/h13-40H,1-12H3. The van der Waals surface area contributed by atoms with Crippen LogP contribution in [0.5, 0.6) is 0 Å². The molecule has 4 aliphatic rings. The molecule has 366 valence electrons. The summed E-state index contributed by atoms with van der Waals surface area (Å²) in [5.41, 5.74) is 24.0. The largest absolute Gasteiger partial charge is 0.310 e. The molecule has 15 rings (SSSR count). The van der Waals surface area contributed by atoms with Crippen molar-refractivity contribution < 1.29 is 0 Å². The molecule has 9 aromatic carbocycles. The summed E-state index contributed by atoms with van der Waals surface area (Å²) < 4.78 is 5.50. The van der Waals surface area contributed by atoms with Crippen LogP contribution in [0.1, 0.15) is 105 Å². The molecule has 4 aliphatic heterocycles. The van der Waals surface area contributed by atoms with E-state index < -0.39 is 8.07 Å². The second-order valence-corrected chi connectivity index (χ2v) is 30.2. The van der Waals surface area contributed by atoms with Crippen LogP contribution in [0, 0.1) is 0 Å². The second-order valence-electron chi connectivity index (χ2n) is 26.6. The quantitative estimate of drug-likeness (QED) is 0.161. The van der Waals surface area contributed by atoms with Gasteiger partial charge in [0.2, 0.25) is 0 Å². The minimum atomic E-state index is -3.15. The number of hydrogen-bond donors (Lipinski definition) is 0. The highest BCUT2D eigenvalue weighted by atomic mass is 28.3. The van der Waals surface area contributed by atoms with Crippen LogP contribution in [0.25, 0.3) is 66.1 Å². The van der Waals surface area contributed by atoms with Gasteiger partial charge in [-0.3, -0.25) is 0 Å². The molecule has 3 nitrogen and oxygen atoms in total. The molecule has 0 aliphatic carbocycles. The number of para-hydroxylation sites is 3. The van der Waals surface area contributed by atoms with Crippen LogP contribution >= 0.6 is 0 Å². The van der Waals surface area contributed by atoms with Gasteiger partial charge in [0.05, 0.1) is 22.2 Å². The summed E-state index contributed by atoms with van der Waals surface area (Å²) in [5.74, 6) is 0. The summed E-state index contributed by atoms with van der Waals surface area (Å²) >= 11 is 0. The van der Waals surface area contributed by atoms with E-state index in [2.05, 4.69) is 267 Å². The lowest BCUT2D eigenvalue weighted by molar-refractivity contribution is 0.590. The van der Waals surface area contributed by atoms with Crippen molar-refractivity contribution in [2.45, 2.75) is 105 Å². The Morgan fingerprint density at radius 3 is 1.52 bits per heavy atom. The molecular weight excluding hydrogens is 922 g/mol. The summed E-state index contributed by atoms with van der Waals surface area (Å²) in [7, 11) is -3.15. The molecule has 6 heterocycles. The summed E-state index contributed by atoms with van der Waals surface area (Å²) in [6, 6.07) is 67.2. The van der Waals surface area contributed by atoms with Crippen LogP contribution in [0.2, 0.25) is 0 Å². The molecule has 0 radical (unpaired) electrons. The Hall–Kier alpha value is -7.34. The molecule has 2 aromatic heterocycles. The second kappa shape index (κ2) is 14.5. The molecule has 0 saturated heterocycles. The Labute approximate surface area is 443 Å². The molecule has 1 spiro atoms. The third-order valence-corrected chi connectivity index (χ3v) is 22.9. The first-order valence-corrected chi connectivity index (χ1v) is 29.4. The molecule has 0 saturated carbocycles. The summed E-state index contributed by atoms with van der Waals surface area (Å²) in [6.45, 7) is 28.9. The Kier molecular flexibility index (Phi) is 8.73. The van der Waals surface area contributed by atoms with E-state index >= 15 is 0 Å². The van der Waals surface area contributed by atoms with E-state index in [0.717, 1.165) is 11.4 Å². The van der Waals surface area contributed by atoms with Gasteiger partial charge in [0.15, 0.2) is 8.07 Å². The molecule has 0 amide bonds. The zero-order valence-corrected chi connectivity index (χ0v) is 46.6. The Bertz CT molecular complexity index is 4230. The van der Waals surface area contributed by atoms with Crippen molar-refractivity contribution in [3.05, 3.63) is 192 Å². The zero-order valence-electron chi connectivity index (χ0n) is 45.6. The third kappa shape index (κ3) is 5.78. The van der Waals surface area contributed by atoms with Gasteiger partial charge in [0.25, 0.3) is 6.71 Å². The van der Waals surface area contributed by atoms with Gasteiger partial charge in [-0.1, -0.05) is 198 Å². The van der Waals surface area contributed by atoms with Crippen molar-refractivity contribution in [3.63, 3.8) is 0 Å². The van der Waals surface area contributed by atoms with Gasteiger partial charge in [-0.15, -0.1) is 0 Å². The highest BCUT2D eigenvalue weighted by molar-refractivity contribution is 7.24. The van der Waals surface area contributed by atoms with E-state index in [-0.39, 0.29) is 28.4 Å². The monoisotopic (exact) mass is 985 g/mol. The summed E-state index contributed by atoms with van der Waals surface area (Å²) in [6.07, 6.45) is 0. The Balaban J connectivity index is 1.17. The van der Waals surface area contributed by atoms with Gasteiger partial charge in [0.1, 0.15) is 0 Å². The topological polar surface area (TPSA) is 13.1 Å². The Morgan fingerprint density at radius 1 is 0.400 bits per heavy atom. The lowest BCUT2D eigenvalue weighted by atomic mass is 9.34. The van der Waals surface area contributed by atoms with Gasteiger partial charge >= 0.3 is 0 Å². The average molecular weight is 986 g/mol. The molecule has 75 heavy (non-hydrogen) atoms. The number of fused-ring (bicyclic) bond motifs is 14. The number of hydrogen-bond acceptors (Lipinski definition) is 1. The van der Waals surface area contributed by atoms with Crippen LogP contribution in [0.3, 0.4) is 0 Å². The number of benzene rings is 9. The number of aromatic nitrogens is 2. The number of rotatable bonds is 3. The minimum Gasteiger partial charge on any atom is -0.310 e. The molecule has 0 fully saturated rings. The molecule has 11 aromatic rings. The highest BCUT2D eigenvalue weighted by Gasteiger charge is 2.57. The maximum atomic E-state index is 2.82. The smallest absolute Gasteiger partial charge is 0.252 e. The van der Waals surface area contributed by atoms with Gasteiger partial charge in [-0.05, 0) is 147 Å². The van der Waals surface area contributed by atoms with Crippen molar-refractivity contribution in [2.75, 3.05) is 4.90 Å². The van der Waals surface area contributed by atoms with Crippen molar-refractivity contribution in [1.82, 2.24) is 9.13 Å². The van der Waals surface area contributed by atoms with Crippen molar-refractivity contribution in [2.24, 2.45) is 0 Å². The third-order valence-electron chi connectivity index (χ3n) is 18.1. The van der Waals surface area contributed by atoms with Crippen molar-refractivity contribution >= 4 is 113 Å². The highest BCUT2D eigenvalue weighted by Crippen LogP contribution is 2.48. The first kappa shape index (κ1) is 45.1. The predicted molar refractivity (Wildman–Crippen MR) is 325 cm³/mol. The average Bonchev–Trinajstić information content (AvgIpc) is 4.18. The van der Waals surface area contributed by atoms with E-state index in [4.69, 9.17) is 0 Å². The van der Waals surface area contributed by atoms with Gasteiger partial charge < -0.3 is 14.0 Å². The predicted octanol–water partition coefficient (Wildman–Crippen LogP) is 13.4. The number of nitrogens with zero attached hydrogens (tertiary/aromatic N) is 3. The SMILES string of the molecule is CC(C)(C)c1ccc2c(c1)[Si]1(c3cc(C(C)(C)C)ccc3-2)c2ccc3c4c2-n2c5c(cc(C(C)(C)C)cc5c5cc(C(C)(C)C)cc1c52)B4c1ccc(N(c2ccccc2)c2ccccc2)c2c4ccccc4n-3c12. The van der Waals surface area contributed by atoms with Crippen LogP contribution in [0.4, 0.5) is 17.1 Å². The van der Waals surface area contributed by atoms with E-state index in [1.807, 2.05) is 0 Å². The van der Waals surface area contributed by atoms with Crippen LogP contribution in [0.15, 0.2) is 170 Å². The fraction of sp³-hybridized carbons (Fsp3) is 0.229. The maximum Gasteiger partial charge on any atom is 0.252 e. The maximum absolute atomic E-state index is 3.15. The minimum absolute atomic E-state index is 0.0105. The molecule has 0 atom stereocenters. The Morgan fingerprint density at radius 2 is 0.933 bits per heavy atom. The van der Waals surface area contributed by atoms with Crippen LogP contribution in [-0.4, -0.2) is 23.9 Å². The fourth-order valence-corrected chi connectivity index (χ4v) is 20.0. The van der Waals surface area contributed by atoms with E-state index in [1.54, 1.807) is 15.6 Å². The van der Waals surface area contributed by atoms with E-state index in [0.29, 0.717) is 0 Å². The molecule has 5 heteroatoms. The molecule has 0 unspecified atom stereocenters. The van der Waals surface area contributed by atoms with Crippen molar-refractivity contribution in [1.29, 1.82) is 0 Å². The van der Waals surface area contributed by atoms with Gasteiger partial charge in [0, 0.05) is 49.8 Å². The van der Waals surface area contributed by atoms with Crippen LogP contribution < -0.4 is 42.0 Å². The normalized spacial score (nSPS) is 14.7. The van der Waals surface area contributed by atoms with E-state index in [9.17, 15) is 0 Å². The van der Waals surface area contributed by atoms with Crippen molar-refractivity contribution in [3.8, 4) is 22.5 Å². The summed E-state index contributed by atoms with van der Waals surface area (Å²) in [5, 5.41) is 11.5. The van der Waals surface area contributed by atoms with Crippen LogP contribution in [-0.2, 0) is 21.7 Å². The zero-order chi connectivity index (χ0) is 51.6. The first-order chi connectivity index (χ1) is 35.8. The molecular formula is C70H64BN3Si. The summed E-state index contributed by atoms with van der Waals surface area (Å²) in [4.78, 5) is 2.48. The fourth-order valence-electron chi connectivity index (χ4n) is 14.3. The lowest BCUT2D eigenvalue weighted by Gasteiger charge is -2.43. The molecule has 0 bridgehead atoms. The van der Waals surface area contributed by atoms with Gasteiger partial charge in [-0.2, -0.15) is 0 Å². The number of anilines is 3. The van der Waals surface area contributed by atoms with Gasteiger partial charge in [-0.25, -0.2) is 0 Å². The lowest BCUT2D eigenvalue weighted by Crippen LogP contribution is -2.77. The molecule has 0 N–H and O–H groups in total.